The van der Waals surface area contributed by atoms with E-state index in [1.807, 2.05) is 16.8 Å². The number of amides is 1. The van der Waals surface area contributed by atoms with E-state index in [2.05, 4.69) is 48.6 Å². The van der Waals surface area contributed by atoms with Gasteiger partial charge in [0.1, 0.15) is 0 Å². The molecular formula is C20H28N4O. The summed E-state index contributed by atoms with van der Waals surface area (Å²) >= 11 is 0. The molecule has 5 nitrogen and oxygen atoms in total. The van der Waals surface area contributed by atoms with E-state index in [0.29, 0.717) is 11.5 Å². The molecular weight excluding hydrogens is 312 g/mol. The van der Waals surface area contributed by atoms with Gasteiger partial charge in [-0.25, -0.2) is 4.68 Å². The Kier molecular flexibility index (Phi) is 5.53. The first-order valence-electron chi connectivity index (χ1n) is 9.20. The molecule has 2 aromatic rings. The van der Waals surface area contributed by atoms with Gasteiger partial charge in [-0.05, 0) is 56.8 Å². The van der Waals surface area contributed by atoms with Gasteiger partial charge < -0.3 is 10.6 Å². The van der Waals surface area contributed by atoms with Crippen molar-refractivity contribution < 1.29 is 4.79 Å². The quantitative estimate of drug-likeness (QED) is 0.879. The Morgan fingerprint density at radius 1 is 1.36 bits per heavy atom. The number of hydrogen-bond donors (Lipinski definition) is 2. The molecule has 1 saturated heterocycles. The molecule has 1 atom stereocenters. The number of benzene rings is 1. The fraction of sp³-hybridized carbons (Fsp3) is 0.500. The Morgan fingerprint density at radius 3 is 2.76 bits per heavy atom. The van der Waals surface area contributed by atoms with E-state index in [1.54, 1.807) is 6.20 Å². The molecule has 1 aliphatic heterocycles. The van der Waals surface area contributed by atoms with Crippen LogP contribution in [0.5, 0.6) is 0 Å². The summed E-state index contributed by atoms with van der Waals surface area (Å²) in [4.78, 5) is 12.7. The first kappa shape index (κ1) is 17.7. The molecule has 1 aliphatic rings. The maximum absolute atomic E-state index is 12.7. The first-order chi connectivity index (χ1) is 12.1. The Labute approximate surface area is 149 Å². The zero-order chi connectivity index (χ0) is 17.8. The van der Waals surface area contributed by atoms with Crippen LogP contribution in [0.15, 0.2) is 30.5 Å². The Balaban J connectivity index is 1.78. The van der Waals surface area contributed by atoms with E-state index < -0.39 is 0 Å². The summed E-state index contributed by atoms with van der Waals surface area (Å²) in [6.45, 7) is 9.06. The van der Waals surface area contributed by atoms with Crippen LogP contribution in [0.4, 0.5) is 0 Å². The number of piperidine rings is 1. The summed E-state index contributed by atoms with van der Waals surface area (Å²) < 4.78 is 1.89. The van der Waals surface area contributed by atoms with Gasteiger partial charge in [0.05, 0.1) is 23.1 Å². The van der Waals surface area contributed by atoms with Gasteiger partial charge in [-0.2, -0.15) is 5.10 Å². The van der Waals surface area contributed by atoms with E-state index in [9.17, 15) is 4.79 Å². The fourth-order valence-corrected chi connectivity index (χ4v) is 3.41. The molecule has 2 N–H and O–H groups in total. The van der Waals surface area contributed by atoms with Gasteiger partial charge in [-0.3, -0.25) is 4.79 Å². The highest BCUT2D eigenvalue weighted by Gasteiger charge is 2.22. The molecule has 134 valence electrons. The molecule has 0 spiro atoms. The molecule has 25 heavy (non-hydrogen) atoms. The van der Waals surface area contributed by atoms with Crippen LogP contribution in [0.3, 0.4) is 0 Å². The van der Waals surface area contributed by atoms with Crippen LogP contribution in [-0.4, -0.2) is 35.3 Å². The highest BCUT2D eigenvalue weighted by Crippen LogP contribution is 2.23. The summed E-state index contributed by atoms with van der Waals surface area (Å²) in [5.41, 5.74) is 3.84. The van der Waals surface area contributed by atoms with Crippen LogP contribution in [0, 0.1) is 12.8 Å². The molecule has 0 bridgehead atoms. The third kappa shape index (κ3) is 4.10. The number of rotatable bonds is 5. The van der Waals surface area contributed by atoms with Crippen molar-refractivity contribution in [1.82, 2.24) is 20.4 Å². The van der Waals surface area contributed by atoms with Crippen LogP contribution in [-0.2, 0) is 0 Å². The highest BCUT2D eigenvalue weighted by molar-refractivity contribution is 5.95. The minimum absolute atomic E-state index is 0.0207. The van der Waals surface area contributed by atoms with Crippen molar-refractivity contribution in [2.24, 2.45) is 5.92 Å². The lowest BCUT2D eigenvalue weighted by molar-refractivity contribution is 0.0943. The molecule has 0 aliphatic carbocycles. The van der Waals surface area contributed by atoms with Gasteiger partial charge in [-0.15, -0.1) is 0 Å². The molecule has 1 unspecified atom stereocenters. The maximum atomic E-state index is 12.7. The van der Waals surface area contributed by atoms with Gasteiger partial charge in [0.25, 0.3) is 5.91 Å². The van der Waals surface area contributed by atoms with E-state index >= 15 is 0 Å². The average molecular weight is 340 g/mol. The summed E-state index contributed by atoms with van der Waals surface area (Å²) in [6.07, 6.45) is 4.06. The lowest BCUT2D eigenvalue weighted by Gasteiger charge is -2.23. The van der Waals surface area contributed by atoms with Crippen LogP contribution >= 0.6 is 0 Å². The Bertz CT molecular complexity index is 712. The Morgan fingerprint density at radius 2 is 2.12 bits per heavy atom. The third-order valence-electron chi connectivity index (χ3n) is 4.83. The zero-order valence-electron chi connectivity index (χ0n) is 15.4. The SMILES string of the molecule is Cc1ccc(-n2ncc(C(=O)NCC3CCCNC3)c2C(C)C)cc1. The van der Waals surface area contributed by atoms with Crippen molar-refractivity contribution in [1.29, 1.82) is 0 Å². The van der Waals surface area contributed by atoms with E-state index in [4.69, 9.17) is 0 Å². The predicted molar refractivity (Wildman–Crippen MR) is 100 cm³/mol. The van der Waals surface area contributed by atoms with Crippen LogP contribution in [0.2, 0.25) is 0 Å². The molecule has 3 rings (SSSR count). The number of carbonyl (C=O) groups is 1. The fourth-order valence-electron chi connectivity index (χ4n) is 3.41. The maximum Gasteiger partial charge on any atom is 0.254 e. The van der Waals surface area contributed by atoms with Gasteiger partial charge in [-0.1, -0.05) is 31.5 Å². The number of hydrogen-bond acceptors (Lipinski definition) is 3. The van der Waals surface area contributed by atoms with E-state index in [1.165, 1.54) is 18.4 Å². The molecule has 1 fully saturated rings. The standard InChI is InChI=1S/C20H28N4O/c1-14(2)19-18(20(25)22-12-16-5-4-10-21-11-16)13-23-24(19)17-8-6-15(3)7-9-17/h6-9,13-14,16,21H,4-5,10-12H2,1-3H3,(H,22,25). The van der Waals surface area contributed by atoms with E-state index in [0.717, 1.165) is 31.0 Å². The summed E-state index contributed by atoms with van der Waals surface area (Å²) in [6, 6.07) is 8.22. The van der Waals surface area contributed by atoms with Crippen molar-refractivity contribution in [3.63, 3.8) is 0 Å². The zero-order valence-corrected chi connectivity index (χ0v) is 15.4. The Hall–Kier alpha value is -2.14. The molecule has 0 saturated carbocycles. The van der Waals surface area contributed by atoms with Crippen molar-refractivity contribution >= 4 is 5.91 Å². The second kappa shape index (κ2) is 7.83. The number of aryl methyl sites for hydroxylation is 1. The van der Waals surface area contributed by atoms with Gasteiger partial charge in [0, 0.05) is 6.54 Å². The number of nitrogens with one attached hydrogen (secondary N) is 2. The first-order valence-corrected chi connectivity index (χ1v) is 9.20. The monoisotopic (exact) mass is 340 g/mol. The molecule has 1 aromatic heterocycles. The minimum Gasteiger partial charge on any atom is -0.352 e. The summed E-state index contributed by atoms with van der Waals surface area (Å²) in [5, 5.41) is 11.0. The molecule has 1 amide bonds. The largest absolute Gasteiger partial charge is 0.352 e. The van der Waals surface area contributed by atoms with Crippen molar-refractivity contribution in [3.8, 4) is 5.69 Å². The van der Waals surface area contributed by atoms with Gasteiger partial charge >= 0.3 is 0 Å². The average Bonchev–Trinajstić information content (AvgIpc) is 3.06. The smallest absolute Gasteiger partial charge is 0.254 e. The number of aromatic nitrogens is 2. The van der Waals surface area contributed by atoms with Crippen molar-refractivity contribution in [3.05, 3.63) is 47.3 Å². The third-order valence-corrected chi connectivity index (χ3v) is 4.83. The van der Waals surface area contributed by atoms with Crippen LogP contribution in [0.1, 0.15) is 54.2 Å². The van der Waals surface area contributed by atoms with Gasteiger partial charge in [0.2, 0.25) is 0 Å². The second-order valence-electron chi connectivity index (χ2n) is 7.27. The van der Waals surface area contributed by atoms with Crippen molar-refractivity contribution in [2.45, 2.75) is 39.5 Å². The normalized spacial score (nSPS) is 17.7. The topological polar surface area (TPSA) is 59.0 Å². The second-order valence-corrected chi connectivity index (χ2v) is 7.27. The molecule has 1 aromatic carbocycles. The van der Waals surface area contributed by atoms with Gasteiger partial charge in [0.15, 0.2) is 0 Å². The summed E-state index contributed by atoms with van der Waals surface area (Å²) in [5.74, 6) is 0.709. The lowest BCUT2D eigenvalue weighted by atomic mass is 9.99. The minimum atomic E-state index is -0.0207. The van der Waals surface area contributed by atoms with Crippen molar-refractivity contribution in [2.75, 3.05) is 19.6 Å². The van der Waals surface area contributed by atoms with E-state index in [-0.39, 0.29) is 11.8 Å². The van der Waals surface area contributed by atoms with Crippen LogP contribution in [0.25, 0.3) is 5.69 Å². The number of nitrogens with zero attached hydrogens (tertiary/aromatic N) is 2. The summed E-state index contributed by atoms with van der Waals surface area (Å²) in [7, 11) is 0. The molecule has 0 radical (unpaired) electrons. The highest BCUT2D eigenvalue weighted by atomic mass is 16.1. The van der Waals surface area contributed by atoms with Crippen LogP contribution < -0.4 is 10.6 Å². The number of carbonyl (C=O) groups excluding carboxylic acids is 1. The lowest BCUT2D eigenvalue weighted by Crippen LogP contribution is -2.38. The molecule has 5 heteroatoms. The molecule has 2 heterocycles. The predicted octanol–water partition coefficient (Wildman–Crippen LogP) is 3.03.